The van der Waals surface area contributed by atoms with E-state index in [0.717, 1.165) is 11.1 Å². The van der Waals surface area contributed by atoms with Crippen molar-refractivity contribution < 1.29 is 4.42 Å². The van der Waals surface area contributed by atoms with Crippen LogP contribution in [0.5, 0.6) is 0 Å². The second kappa shape index (κ2) is 2.12. The van der Waals surface area contributed by atoms with Crippen LogP contribution in [0.3, 0.4) is 0 Å². The maximum absolute atomic E-state index is 5.18. The zero-order chi connectivity index (χ0) is 7.84. The Morgan fingerprint density at radius 3 is 2.91 bits per heavy atom. The summed E-state index contributed by atoms with van der Waals surface area (Å²) in [5.41, 5.74) is 3.27. The Morgan fingerprint density at radius 2 is 2.09 bits per heavy atom. The molecule has 0 amide bonds. The van der Waals surface area contributed by atoms with Gasteiger partial charge in [0.25, 0.3) is 0 Å². The van der Waals surface area contributed by atoms with Crippen LogP contribution >= 0.6 is 0 Å². The van der Waals surface area contributed by atoms with Gasteiger partial charge >= 0.3 is 0 Å². The van der Waals surface area contributed by atoms with Crippen LogP contribution in [0, 0.1) is 20.1 Å². The third-order valence-corrected chi connectivity index (χ3v) is 1.85. The molecule has 0 aliphatic carbocycles. The Labute approximate surface area is 65.6 Å². The van der Waals surface area contributed by atoms with Gasteiger partial charge in [-0.3, -0.25) is 0 Å². The van der Waals surface area contributed by atoms with Crippen LogP contribution in [0.2, 0.25) is 0 Å². The predicted molar refractivity (Wildman–Crippen MR) is 44.5 cm³/mol. The summed E-state index contributed by atoms with van der Waals surface area (Å²) >= 11 is 0. The van der Waals surface area contributed by atoms with Crippen molar-refractivity contribution in [1.29, 1.82) is 0 Å². The first-order valence-electron chi connectivity index (χ1n) is 3.65. The Bertz CT molecular complexity index is 385. The lowest BCUT2D eigenvalue weighted by Gasteiger charge is -1.91. The average molecular weight is 145 g/mol. The van der Waals surface area contributed by atoms with Crippen molar-refractivity contribution in [2.75, 3.05) is 0 Å². The molecule has 1 nitrogen and oxygen atoms in total. The first-order chi connectivity index (χ1) is 5.27. The van der Waals surface area contributed by atoms with Gasteiger partial charge < -0.3 is 4.42 Å². The molecular formula is C10H9O. The number of fused-ring (bicyclic) bond motifs is 1. The normalized spacial score (nSPS) is 10.7. The van der Waals surface area contributed by atoms with Crippen molar-refractivity contribution in [3.8, 4) is 0 Å². The van der Waals surface area contributed by atoms with Crippen LogP contribution in [0.4, 0.5) is 0 Å². The predicted octanol–water partition coefficient (Wildman–Crippen LogP) is 2.85. The van der Waals surface area contributed by atoms with Crippen LogP contribution in [0.25, 0.3) is 11.0 Å². The minimum atomic E-state index is 0.924. The number of furan rings is 1. The summed E-state index contributed by atoms with van der Waals surface area (Å²) in [6, 6.07) is 6.14. The lowest BCUT2D eigenvalue weighted by molar-refractivity contribution is 0.603. The molecule has 0 aliphatic heterocycles. The highest BCUT2D eigenvalue weighted by Gasteiger charge is 2.00. The van der Waals surface area contributed by atoms with E-state index in [4.69, 9.17) is 4.42 Å². The highest BCUT2D eigenvalue weighted by Crippen LogP contribution is 2.20. The first-order valence-corrected chi connectivity index (χ1v) is 3.65. The van der Waals surface area contributed by atoms with E-state index < -0.39 is 0 Å². The second-order valence-corrected chi connectivity index (χ2v) is 2.83. The molecule has 1 heteroatoms. The third-order valence-electron chi connectivity index (χ3n) is 1.85. The van der Waals surface area contributed by atoms with E-state index in [1.807, 2.05) is 19.1 Å². The molecule has 0 aliphatic rings. The number of aryl methyl sites for hydroxylation is 2. The summed E-state index contributed by atoms with van der Waals surface area (Å²) in [6.07, 6.45) is 2.83. The van der Waals surface area contributed by atoms with E-state index >= 15 is 0 Å². The Kier molecular flexibility index (Phi) is 1.25. The molecule has 0 bridgehead atoms. The molecular weight excluding hydrogens is 136 g/mol. The van der Waals surface area contributed by atoms with E-state index in [-0.39, 0.29) is 0 Å². The van der Waals surface area contributed by atoms with Crippen molar-refractivity contribution in [1.82, 2.24) is 0 Å². The lowest BCUT2D eigenvalue weighted by Crippen LogP contribution is -1.71. The zero-order valence-corrected chi connectivity index (χ0v) is 6.64. The minimum absolute atomic E-state index is 0.924. The Balaban J connectivity index is 2.87. The van der Waals surface area contributed by atoms with Crippen LogP contribution in [0.1, 0.15) is 11.1 Å². The monoisotopic (exact) mass is 145 g/mol. The second-order valence-electron chi connectivity index (χ2n) is 2.83. The fraction of sp³-hybridized carbons (Fsp3) is 0.200. The molecule has 1 aromatic carbocycles. The molecule has 0 N–H and O–H groups in total. The molecule has 0 saturated heterocycles. The van der Waals surface area contributed by atoms with Gasteiger partial charge in [-0.2, -0.15) is 0 Å². The summed E-state index contributed by atoms with van der Waals surface area (Å²) in [6.45, 7) is 4.08. The van der Waals surface area contributed by atoms with Gasteiger partial charge in [0.15, 0.2) is 6.26 Å². The quantitative estimate of drug-likeness (QED) is 0.555. The van der Waals surface area contributed by atoms with Gasteiger partial charge in [0, 0.05) is 10.9 Å². The number of benzene rings is 1. The minimum Gasteiger partial charge on any atom is -0.452 e. The van der Waals surface area contributed by atoms with Gasteiger partial charge in [-0.05, 0) is 26.0 Å². The molecule has 0 unspecified atom stereocenters. The summed E-state index contributed by atoms with van der Waals surface area (Å²) in [5.74, 6) is 0. The van der Waals surface area contributed by atoms with E-state index in [1.54, 1.807) is 0 Å². The zero-order valence-electron chi connectivity index (χ0n) is 6.64. The Hall–Kier alpha value is -1.24. The van der Waals surface area contributed by atoms with E-state index in [1.165, 1.54) is 10.9 Å². The van der Waals surface area contributed by atoms with E-state index in [2.05, 4.69) is 19.3 Å². The van der Waals surface area contributed by atoms with Gasteiger partial charge in [0.1, 0.15) is 5.58 Å². The van der Waals surface area contributed by atoms with Crippen molar-refractivity contribution in [3.63, 3.8) is 0 Å². The first kappa shape index (κ1) is 6.47. The van der Waals surface area contributed by atoms with E-state index in [0.29, 0.717) is 0 Å². The van der Waals surface area contributed by atoms with Gasteiger partial charge in [-0.15, -0.1) is 0 Å². The fourth-order valence-electron chi connectivity index (χ4n) is 1.21. The highest BCUT2D eigenvalue weighted by atomic mass is 16.3. The van der Waals surface area contributed by atoms with Gasteiger partial charge in [-0.1, -0.05) is 11.6 Å². The topological polar surface area (TPSA) is 13.1 Å². The fourth-order valence-corrected chi connectivity index (χ4v) is 1.21. The van der Waals surface area contributed by atoms with Crippen LogP contribution in [-0.4, -0.2) is 0 Å². The average Bonchev–Trinajstić information content (AvgIpc) is 2.33. The van der Waals surface area contributed by atoms with Crippen LogP contribution in [-0.2, 0) is 0 Å². The van der Waals surface area contributed by atoms with E-state index in [9.17, 15) is 0 Å². The van der Waals surface area contributed by atoms with Crippen molar-refractivity contribution in [2.24, 2.45) is 0 Å². The largest absolute Gasteiger partial charge is 0.452 e. The molecule has 0 fully saturated rings. The van der Waals surface area contributed by atoms with Crippen molar-refractivity contribution in [3.05, 3.63) is 35.6 Å². The molecule has 1 aromatic heterocycles. The molecule has 1 radical (unpaired) electrons. The maximum Gasteiger partial charge on any atom is 0.173 e. The standard InChI is InChI=1S/C10H9O/c1-7-3-4-10-9(5-7)8(2)6-11-10/h3-5H,1-2H3. The molecule has 0 atom stereocenters. The Morgan fingerprint density at radius 1 is 1.27 bits per heavy atom. The SMILES string of the molecule is Cc1ccc2o[c]c(C)c2c1. The van der Waals surface area contributed by atoms with Gasteiger partial charge in [-0.25, -0.2) is 0 Å². The molecule has 2 aromatic rings. The molecule has 11 heavy (non-hydrogen) atoms. The third kappa shape index (κ3) is 0.929. The van der Waals surface area contributed by atoms with Crippen molar-refractivity contribution in [2.45, 2.75) is 13.8 Å². The van der Waals surface area contributed by atoms with Crippen LogP contribution < -0.4 is 0 Å². The molecule has 1 heterocycles. The lowest BCUT2D eigenvalue weighted by atomic mass is 10.1. The number of hydrogen-bond acceptors (Lipinski definition) is 1. The summed E-state index contributed by atoms with van der Waals surface area (Å²) < 4.78 is 5.18. The van der Waals surface area contributed by atoms with Crippen LogP contribution in [0.15, 0.2) is 22.6 Å². The summed E-state index contributed by atoms with van der Waals surface area (Å²) in [4.78, 5) is 0. The molecule has 0 spiro atoms. The number of rotatable bonds is 0. The summed E-state index contributed by atoms with van der Waals surface area (Å²) in [5, 5.41) is 1.17. The summed E-state index contributed by atoms with van der Waals surface area (Å²) in [7, 11) is 0. The highest BCUT2D eigenvalue weighted by molar-refractivity contribution is 5.81. The molecule has 0 saturated carbocycles. The number of hydrogen-bond donors (Lipinski definition) is 0. The smallest absolute Gasteiger partial charge is 0.173 e. The molecule has 2 rings (SSSR count). The molecule has 55 valence electrons. The maximum atomic E-state index is 5.18. The van der Waals surface area contributed by atoms with Crippen molar-refractivity contribution >= 4 is 11.0 Å². The van der Waals surface area contributed by atoms with Gasteiger partial charge in [0.05, 0.1) is 0 Å². The van der Waals surface area contributed by atoms with Gasteiger partial charge in [0.2, 0.25) is 0 Å².